The van der Waals surface area contributed by atoms with Gasteiger partial charge in [0, 0.05) is 24.4 Å². The second kappa shape index (κ2) is 5.74. The number of anilines is 2. The number of benzene rings is 1. The Kier molecular flexibility index (Phi) is 3.63. The van der Waals surface area contributed by atoms with E-state index in [0.717, 1.165) is 6.42 Å². The lowest BCUT2D eigenvalue weighted by molar-refractivity contribution is -0.116. The average Bonchev–Trinajstić information content (AvgIpc) is 2.73. The summed E-state index contributed by atoms with van der Waals surface area (Å²) < 4.78 is 12.6. The van der Waals surface area contributed by atoms with Crippen molar-refractivity contribution >= 4 is 17.4 Å². The number of nitrogens with zero attached hydrogens (tertiary/aromatic N) is 2. The van der Waals surface area contributed by atoms with Crippen LogP contribution in [0.25, 0.3) is 0 Å². The third-order valence-electron chi connectivity index (χ3n) is 3.00. The smallest absolute Gasteiger partial charge is 0.246 e. The maximum atomic E-state index is 11.9. The van der Waals surface area contributed by atoms with E-state index in [1.807, 2.05) is 0 Å². The molecule has 7 nitrogen and oxygen atoms in total. The van der Waals surface area contributed by atoms with Gasteiger partial charge in [0.15, 0.2) is 11.5 Å². The van der Waals surface area contributed by atoms with Gasteiger partial charge in [0.1, 0.15) is 12.4 Å². The van der Waals surface area contributed by atoms with Crippen LogP contribution in [0, 0.1) is 0 Å². The maximum absolute atomic E-state index is 11.9. The first kappa shape index (κ1) is 13.3. The van der Waals surface area contributed by atoms with Gasteiger partial charge in [-0.05, 0) is 18.2 Å². The summed E-state index contributed by atoms with van der Waals surface area (Å²) in [6, 6.07) is 6.97. The molecule has 3 N–H and O–H groups in total. The molecular weight excluding hydrogens is 272 g/mol. The van der Waals surface area contributed by atoms with E-state index in [1.165, 1.54) is 4.68 Å². The lowest BCUT2D eigenvalue weighted by Gasteiger charge is -2.10. The number of carbonyl (C=O) groups excluding carboxylic acids is 1. The molecule has 0 unspecified atom stereocenters. The summed E-state index contributed by atoms with van der Waals surface area (Å²) in [4.78, 5) is 11.9. The zero-order chi connectivity index (χ0) is 14.7. The maximum Gasteiger partial charge on any atom is 0.246 e. The van der Waals surface area contributed by atoms with Crippen molar-refractivity contribution in [3.8, 4) is 11.5 Å². The number of hydrogen-bond donors (Lipinski definition) is 2. The quantitative estimate of drug-likeness (QED) is 0.887. The number of fused-ring (bicyclic) bond motifs is 1. The molecule has 0 bridgehead atoms. The SMILES string of the molecule is Nc1ccn(CC(=O)Nc2ccc3c(c2)OCCCO3)n1. The molecule has 1 aromatic carbocycles. The minimum atomic E-state index is -0.187. The molecule has 2 heterocycles. The van der Waals surface area contributed by atoms with E-state index >= 15 is 0 Å². The highest BCUT2D eigenvalue weighted by atomic mass is 16.5. The molecule has 0 saturated carbocycles. The van der Waals surface area contributed by atoms with Crippen molar-refractivity contribution in [1.29, 1.82) is 0 Å². The fraction of sp³-hybridized carbons (Fsp3) is 0.286. The number of nitrogens with one attached hydrogen (secondary N) is 1. The molecule has 1 amide bonds. The Bertz CT molecular complexity index is 653. The number of hydrogen-bond acceptors (Lipinski definition) is 5. The number of aromatic nitrogens is 2. The van der Waals surface area contributed by atoms with E-state index in [4.69, 9.17) is 15.2 Å². The molecule has 1 aliphatic heterocycles. The summed E-state index contributed by atoms with van der Waals surface area (Å²) in [5.41, 5.74) is 6.16. The summed E-state index contributed by atoms with van der Waals surface area (Å²) in [5, 5.41) is 6.76. The summed E-state index contributed by atoms with van der Waals surface area (Å²) in [6.45, 7) is 1.35. The molecule has 21 heavy (non-hydrogen) atoms. The second-order valence-corrected chi connectivity index (χ2v) is 4.70. The predicted octanol–water partition coefficient (Wildman–Crippen LogP) is 1.27. The summed E-state index contributed by atoms with van der Waals surface area (Å²) in [7, 11) is 0. The van der Waals surface area contributed by atoms with Crippen molar-refractivity contribution in [1.82, 2.24) is 9.78 Å². The van der Waals surface area contributed by atoms with E-state index in [0.29, 0.717) is 36.2 Å². The van der Waals surface area contributed by atoms with Crippen LogP contribution in [-0.2, 0) is 11.3 Å². The van der Waals surface area contributed by atoms with E-state index in [9.17, 15) is 4.79 Å². The minimum Gasteiger partial charge on any atom is -0.490 e. The molecule has 7 heteroatoms. The molecule has 2 aromatic rings. The molecular formula is C14H16N4O3. The molecule has 0 aliphatic carbocycles. The topological polar surface area (TPSA) is 91.4 Å². The van der Waals surface area contributed by atoms with Crippen LogP contribution >= 0.6 is 0 Å². The standard InChI is InChI=1S/C14H16N4O3/c15-13-4-5-18(17-13)9-14(19)16-10-2-3-11-12(8-10)21-7-1-6-20-11/h2-5,8H,1,6-7,9H2,(H2,15,17)(H,16,19). The zero-order valence-corrected chi connectivity index (χ0v) is 11.4. The summed E-state index contributed by atoms with van der Waals surface area (Å²) in [5.74, 6) is 1.55. The minimum absolute atomic E-state index is 0.103. The van der Waals surface area contributed by atoms with Gasteiger partial charge >= 0.3 is 0 Å². The molecule has 1 aromatic heterocycles. The van der Waals surface area contributed by atoms with Crippen molar-refractivity contribution in [2.45, 2.75) is 13.0 Å². The summed E-state index contributed by atoms with van der Waals surface area (Å²) in [6.07, 6.45) is 2.50. The first-order valence-electron chi connectivity index (χ1n) is 6.69. The van der Waals surface area contributed by atoms with Crippen LogP contribution < -0.4 is 20.5 Å². The monoisotopic (exact) mass is 288 g/mol. The van der Waals surface area contributed by atoms with Gasteiger partial charge in [0.25, 0.3) is 0 Å². The van der Waals surface area contributed by atoms with Crippen LogP contribution in [0.15, 0.2) is 30.5 Å². The van der Waals surface area contributed by atoms with Gasteiger partial charge < -0.3 is 20.5 Å². The van der Waals surface area contributed by atoms with Crippen LogP contribution in [-0.4, -0.2) is 28.9 Å². The molecule has 3 rings (SSSR count). The molecule has 0 fully saturated rings. The first-order chi connectivity index (χ1) is 10.2. The van der Waals surface area contributed by atoms with Crippen molar-refractivity contribution in [2.24, 2.45) is 0 Å². The molecule has 0 atom stereocenters. The molecule has 0 spiro atoms. The van der Waals surface area contributed by atoms with Gasteiger partial charge in [-0.15, -0.1) is 0 Å². The molecule has 0 saturated heterocycles. The highest BCUT2D eigenvalue weighted by Gasteiger charge is 2.12. The van der Waals surface area contributed by atoms with Crippen LogP contribution in [0.3, 0.4) is 0 Å². The molecule has 1 aliphatic rings. The third kappa shape index (κ3) is 3.25. The van der Waals surface area contributed by atoms with Crippen LogP contribution in [0.5, 0.6) is 11.5 Å². The highest BCUT2D eigenvalue weighted by Crippen LogP contribution is 2.32. The largest absolute Gasteiger partial charge is 0.490 e. The lowest BCUT2D eigenvalue weighted by Crippen LogP contribution is -2.19. The van der Waals surface area contributed by atoms with Gasteiger partial charge in [-0.3, -0.25) is 9.48 Å². The third-order valence-corrected chi connectivity index (χ3v) is 3.00. The van der Waals surface area contributed by atoms with Crippen LogP contribution in [0.4, 0.5) is 11.5 Å². The Balaban J connectivity index is 1.67. The van der Waals surface area contributed by atoms with E-state index in [2.05, 4.69) is 10.4 Å². The number of ether oxygens (including phenoxy) is 2. The van der Waals surface area contributed by atoms with Crippen LogP contribution in [0.2, 0.25) is 0 Å². The number of nitrogens with two attached hydrogens (primary N) is 1. The fourth-order valence-corrected chi connectivity index (χ4v) is 2.05. The summed E-state index contributed by atoms with van der Waals surface area (Å²) >= 11 is 0. The Morgan fingerprint density at radius 3 is 2.86 bits per heavy atom. The average molecular weight is 288 g/mol. The Hall–Kier alpha value is -2.70. The van der Waals surface area contributed by atoms with Crippen molar-refractivity contribution in [3.05, 3.63) is 30.5 Å². The van der Waals surface area contributed by atoms with Gasteiger partial charge in [-0.25, -0.2) is 0 Å². The Morgan fingerprint density at radius 1 is 1.29 bits per heavy atom. The van der Waals surface area contributed by atoms with E-state index in [1.54, 1.807) is 30.5 Å². The number of nitrogen functional groups attached to an aromatic ring is 1. The van der Waals surface area contributed by atoms with E-state index < -0.39 is 0 Å². The number of rotatable bonds is 3. The molecule has 110 valence electrons. The highest BCUT2D eigenvalue weighted by molar-refractivity contribution is 5.90. The molecule has 0 radical (unpaired) electrons. The Morgan fingerprint density at radius 2 is 2.10 bits per heavy atom. The zero-order valence-electron chi connectivity index (χ0n) is 11.4. The number of amides is 1. The predicted molar refractivity (Wildman–Crippen MR) is 77.3 cm³/mol. The lowest BCUT2D eigenvalue weighted by atomic mass is 10.2. The Labute approximate surface area is 121 Å². The van der Waals surface area contributed by atoms with Gasteiger partial charge in [-0.2, -0.15) is 5.10 Å². The van der Waals surface area contributed by atoms with Crippen LogP contribution in [0.1, 0.15) is 6.42 Å². The normalized spacial score (nSPS) is 13.5. The van der Waals surface area contributed by atoms with Gasteiger partial charge in [0.2, 0.25) is 5.91 Å². The van der Waals surface area contributed by atoms with Crippen molar-refractivity contribution in [2.75, 3.05) is 24.3 Å². The second-order valence-electron chi connectivity index (χ2n) is 4.70. The fourth-order valence-electron chi connectivity index (χ4n) is 2.05. The van der Waals surface area contributed by atoms with Gasteiger partial charge in [-0.1, -0.05) is 0 Å². The van der Waals surface area contributed by atoms with E-state index in [-0.39, 0.29) is 12.5 Å². The first-order valence-corrected chi connectivity index (χ1v) is 6.69. The van der Waals surface area contributed by atoms with Crippen molar-refractivity contribution < 1.29 is 14.3 Å². The van der Waals surface area contributed by atoms with Crippen molar-refractivity contribution in [3.63, 3.8) is 0 Å². The number of carbonyl (C=O) groups is 1. The van der Waals surface area contributed by atoms with Gasteiger partial charge in [0.05, 0.1) is 13.2 Å².